The summed E-state index contributed by atoms with van der Waals surface area (Å²) >= 11 is 0. The molecule has 0 aliphatic rings. The molecule has 1 unspecified atom stereocenters. The fourth-order valence-corrected chi connectivity index (χ4v) is 1.16. The summed E-state index contributed by atoms with van der Waals surface area (Å²) in [6.07, 6.45) is 0.844. The van der Waals surface area contributed by atoms with Gasteiger partial charge in [0, 0.05) is 6.54 Å². The Labute approximate surface area is 85.9 Å². The maximum Gasteiger partial charge on any atom is 0.236 e. The van der Waals surface area contributed by atoms with Gasteiger partial charge in [-0.3, -0.25) is 4.79 Å². The lowest BCUT2D eigenvalue weighted by Gasteiger charge is -2.15. The summed E-state index contributed by atoms with van der Waals surface area (Å²) in [5, 5.41) is 12.1. The minimum atomic E-state index is -0.469. The number of nitrogens with two attached hydrogens (primary N) is 1. The van der Waals surface area contributed by atoms with Crippen molar-refractivity contribution in [2.75, 3.05) is 6.54 Å². The normalized spacial score (nSPS) is 15.3. The average molecular weight is 202 g/mol. The first kappa shape index (κ1) is 13.4. The van der Waals surface area contributed by atoms with E-state index in [9.17, 15) is 9.90 Å². The van der Waals surface area contributed by atoms with E-state index in [2.05, 4.69) is 5.32 Å². The van der Waals surface area contributed by atoms with Gasteiger partial charge in [-0.15, -0.1) is 0 Å². The van der Waals surface area contributed by atoms with Gasteiger partial charge < -0.3 is 16.2 Å². The lowest BCUT2D eigenvalue weighted by atomic mass is 10.1. The van der Waals surface area contributed by atoms with Crippen LogP contribution in [0.25, 0.3) is 0 Å². The van der Waals surface area contributed by atoms with Crippen LogP contribution in [0.15, 0.2) is 0 Å². The van der Waals surface area contributed by atoms with Crippen molar-refractivity contribution >= 4 is 5.91 Å². The minimum Gasteiger partial charge on any atom is -0.391 e. The molecule has 0 aromatic carbocycles. The number of amides is 1. The number of rotatable bonds is 6. The average Bonchev–Trinajstić information content (AvgIpc) is 2.11. The van der Waals surface area contributed by atoms with Gasteiger partial charge in [0.1, 0.15) is 0 Å². The Kier molecular flexibility index (Phi) is 6.49. The maximum absolute atomic E-state index is 11.2. The zero-order valence-corrected chi connectivity index (χ0v) is 9.29. The summed E-state index contributed by atoms with van der Waals surface area (Å²) < 4.78 is 0. The fraction of sp³-hybridized carbons (Fsp3) is 0.900. The molecule has 84 valence electrons. The van der Waals surface area contributed by atoms with Crippen LogP contribution < -0.4 is 11.1 Å². The number of aliphatic hydroxyl groups is 1. The third-order valence-corrected chi connectivity index (χ3v) is 2.03. The molecule has 4 nitrogen and oxygen atoms in total. The van der Waals surface area contributed by atoms with Gasteiger partial charge >= 0.3 is 0 Å². The van der Waals surface area contributed by atoms with Crippen LogP contribution in [0.5, 0.6) is 0 Å². The summed E-state index contributed by atoms with van der Waals surface area (Å²) in [5.41, 5.74) is 5.51. The number of nitrogens with one attached hydrogen (secondary N) is 1. The molecule has 0 radical (unpaired) electrons. The van der Waals surface area contributed by atoms with E-state index in [1.54, 1.807) is 0 Å². The first-order valence-electron chi connectivity index (χ1n) is 5.18. The first-order valence-corrected chi connectivity index (χ1v) is 5.18. The predicted molar refractivity (Wildman–Crippen MR) is 56.7 cm³/mol. The van der Waals surface area contributed by atoms with E-state index in [1.807, 2.05) is 20.8 Å². The van der Waals surface area contributed by atoms with E-state index < -0.39 is 12.1 Å². The second-order valence-corrected chi connectivity index (χ2v) is 4.04. The highest BCUT2D eigenvalue weighted by Crippen LogP contribution is 2.03. The Hall–Kier alpha value is -0.610. The molecule has 0 aromatic rings. The predicted octanol–water partition coefficient (Wildman–Crippen LogP) is 0.247. The summed E-state index contributed by atoms with van der Waals surface area (Å²) in [5.74, 6) is 0.247. The van der Waals surface area contributed by atoms with Gasteiger partial charge in [0.15, 0.2) is 0 Å². The molecule has 0 bridgehead atoms. The highest BCUT2D eigenvalue weighted by Gasteiger charge is 2.13. The molecule has 14 heavy (non-hydrogen) atoms. The second kappa shape index (κ2) is 6.79. The van der Waals surface area contributed by atoms with Crippen LogP contribution >= 0.6 is 0 Å². The first-order chi connectivity index (χ1) is 6.47. The van der Waals surface area contributed by atoms with Crippen LogP contribution in [0.3, 0.4) is 0 Å². The Balaban J connectivity index is 3.66. The highest BCUT2D eigenvalue weighted by molar-refractivity contribution is 5.81. The smallest absolute Gasteiger partial charge is 0.236 e. The third-order valence-electron chi connectivity index (χ3n) is 2.03. The number of carbonyl (C=O) groups is 1. The van der Waals surface area contributed by atoms with E-state index in [0.29, 0.717) is 25.3 Å². The molecule has 0 aromatic heterocycles. The molecule has 0 aliphatic carbocycles. The second-order valence-electron chi connectivity index (χ2n) is 4.04. The zero-order valence-electron chi connectivity index (χ0n) is 9.29. The lowest BCUT2D eigenvalue weighted by molar-refractivity contribution is -0.122. The molecule has 0 aliphatic heterocycles. The molecule has 2 atom stereocenters. The van der Waals surface area contributed by atoms with Crippen LogP contribution in [-0.4, -0.2) is 29.7 Å². The van der Waals surface area contributed by atoms with Crippen molar-refractivity contribution < 1.29 is 9.90 Å². The molecule has 0 saturated carbocycles. The largest absolute Gasteiger partial charge is 0.391 e. The van der Waals surface area contributed by atoms with Gasteiger partial charge in [-0.25, -0.2) is 0 Å². The number of carbonyl (C=O) groups excluding carboxylic acids is 1. The van der Waals surface area contributed by atoms with Crippen molar-refractivity contribution in [1.29, 1.82) is 0 Å². The number of hydrogen-bond acceptors (Lipinski definition) is 3. The van der Waals surface area contributed by atoms with Gasteiger partial charge in [0.25, 0.3) is 0 Å². The van der Waals surface area contributed by atoms with Gasteiger partial charge in [0.2, 0.25) is 5.91 Å². The maximum atomic E-state index is 11.2. The van der Waals surface area contributed by atoms with E-state index in [0.717, 1.165) is 0 Å². The molecule has 0 spiro atoms. The van der Waals surface area contributed by atoms with Crippen LogP contribution in [0.1, 0.15) is 33.6 Å². The van der Waals surface area contributed by atoms with E-state index in [1.165, 1.54) is 0 Å². The summed E-state index contributed by atoms with van der Waals surface area (Å²) in [6.45, 7) is 6.21. The van der Waals surface area contributed by atoms with Gasteiger partial charge in [-0.05, 0) is 18.8 Å². The fourth-order valence-electron chi connectivity index (χ4n) is 1.16. The summed E-state index contributed by atoms with van der Waals surface area (Å²) in [4.78, 5) is 11.2. The molecule has 0 heterocycles. The molecule has 0 fully saturated rings. The highest BCUT2D eigenvalue weighted by atomic mass is 16.3. The number of aliphatic hydroxyl groups excluding tert-OH is 1. The van der Waals surface area contributed by atoms with Crippen LogP contribution in [-0.2, 0) is 4.79 Å². The summed E-state index contributed by atoms with van der Waals surface area (Å²) in [7, 11) is 0. The van der Waals surface area contributed by atoms with E-state index in [4.69, 9.17) is 5.73 Å². The Morgan fingerprint density at radius 1 is 1.50 bits per heavy atom. The topological polar surface area (TPSA) is 75.4 Å². The van der Waals surface area contributed by atoms with E-state index >= 15 is 0 Å². The molecule has 4 heteroatoms. The van der Waals surface area contributed by atoms with Crippen molar-refractivity contribution in [1.82, 2.24) is 5.32 Å². The monoisotopic (exact) mass is 202 g/mol. The van der Waals surface area contributed by atoms with Gasteiger partial charge in [0.05, 0.1) is 12.1 Å². The molecular weight excluding hydrogens is 180 g/mol. The van der Waals surface area contributed by atoms with Crippen LogP contribution in [0.4, 0.5) is 0 Å². The molecule has 4 N–H and O–H groups in total. The molecule has 0 saturated heterocycles. The summed E-state index contributed by atoms with van der Waals surface area (Å²) in [6, 6.07) is -0.457. The standard InChI is InChI=1S/C10H22N2O2/c1-4-9(11)10(14)12-6-8(13)5-7(2)3/h7-9,13H,4-6,11H2,1-3H3,(H,12,14)/t8?,9-/m1/s1. The van der Waals surface area contributed by atoms with Crippen molar-refractivity contribution in [2.45, 2.75) is 45.8 Å². The lowest BCUT2D eigenvalue weighted by Crippen LogP contribution is -2.43. The Bertz CT molecular complexity index is 172. The SMILES string of the molecule is CC[C@@H](N)C(=O)NCC(O)CC(C)C. The molecule has 0 rings (SSSR count). The van der Waals surface area contributed by atoms with Gasteiger partial charge in [-0.2, -0.15) is 0 Å². The molecule has 1 amide bonds. The van der Waals surface area contributed by atoms with E-state index in [-0.39, 0.29) is 5.91 Å². The Morgan fingerprint density at radius 3 is 2.50 bits per heavy atom. The van der Waals surface area contributed by atoms with Crippen LogP contribution in [0.2, 0.25) is 0 Å². The quantitative estimate of drug-likeness (QED) is 0.578. The molecular formula is C10H22N2O2. The van der Waals surface area contributed by atoms with Crippen molar-refractivity contribution in [3.8, 4) is 0 Å². The third kappa shape index (κ3) is 5.94. The number of hydrogen-bond donors (Lipinski definition) is 3. The minimum absolute atomic E-state index is 0.185. The van der Waals surface area contributed by atoms with Crippen LogP contribution in [0, 0.1) is 5.92 Å². The zero-order chi connectivity index (χ0) is 11.1. The Morgan fingerprint density at radius 2 is 2.07 bits per heavy atom. The van der Waals surface area contributed by atoms with Crippen molar-refractivity contribution in [2.24, 2.45) is 11.7 Å². The van der Waals surface area contributed by atoms with Crippen molar-refractivity contribution in [3.63, 3.8) is 0 Å². The van der Waals surface area contributed by atoms with Gasteiger partial charge in [-0.1, -0.05) is 20.8 Å². The van der Waals surface area contributed by atoms with Crippen molar-refractivity contribution in [3.05, 3.63) is 0 Å².